The van der Waals surface area contributed by atoms with Gasteiger partial charge in [0, 0.05) is 18.0 Å². The van der Waals surface area contributed by atoms with Crippen molar-refractivity contribution in [3.63, 3.8) is 0 Å². The number of hydrogen-bond donors (Lipinski definition) is 1. The molecule has 0 aliphatic heterocycles. The van der Waals surface area contributed by atoms with Gasteiger partial charge in [-0.3, -0.25) is 9.36 Å². The molecule has 1 aromatic heterocycles. The molecular weight excluding hydrogens is 294 g/mol. The van der Waals surface area contributed by atoms with E-state index in [1.54, 1.807) is 0 Å². The second kappa shape index (κ2) is 5.04. The summed E-state index contributed by atoms with van der Waals surface area (Å²) in [6.45, 7) is 0. The summed E-state index contributed by atoms with van der Waals surface area (Å²) in [5.74, 6) is -2.82. The lowest BCUT2D eigenvalue weighted by atomic mass is 10.1. The fourth-order valence-corrected chi connectivity index (χ4v) is 1.70. The van der Waals surface area contributed by atoms with Gasteiger partial charge in [0.25, 0.3) is 5.56 Å². The number of halogens is 4. The van der Waals surface area contributed by atoms with E-state index in [0.29, 0.717) is 16.7 Å². The molecule has 8 heteroatoms. The molecule has 0 unspecified atom stereocenters. The van der Waals surface area contributed by atoms with Gasteiger partial charge in [0.05, 0.1) is 11.1 Å². The number of hydrogen-bond acceptors (Lipinski definition) is 2. The molecule has 110 valence electrons. The molecule has 0 radical (unpaired) electrons. The lowest BCUT2D eigenvalue weighted by molar-refractivity contribution is -0.140. The third-order valence-electron chi connectivity index (χ3n) is 2.69. The van der Waals surface area contributed by atoms with Gasteiger partial charge in [-0.1, -0.05) is 0 Å². The first kappa shape index (κ1) is 14.8. The van der Waals surface area contributed by atoms with Crippen molar-refractivity contribution < 1.29 is 27.5 Å². The SMILES string of the molecule is O=C(O)c1ccc(=O)n(-c2ccc(F)c(C(F)(F)F)c2)c1. The van der Waals surface area contributed by atoms with Crippen molar-refractivity contribution in [3.8, 4) is 5.69 Å². The van der Waals surface area contributed by atoms with Gasteiger partial charge in [-0.15, -0.1) is 0 Å². The highest BCUT2D eigenvalue weighted by atomic mass is 19.4. The minimum Gasteiger partial charge on any atom is -0.478 e. The molecule has 1 N–H and O–H groups in total. The third kappa shape index (κ3) is 2.93. The number of aromatic carboxylic acids is 1. The quantitative estimate of drug-likeness (QED) is 0.868. The van der Waals surface area contributed by atoms with Crippen LogP contribution in [0.3, 0.4) is 0 Å². The van der Waals surface area contributed by atoms with Crippen LogP contribution >= 0.6 is 0 Å². The Hall–Kier alpha value is -2.64. The first-order valence-corrected chi connectivity index (χ1v) is 5.53. The smallest absolute Gasteiger partial charge is 0.419 e. The number of carboxylic acid groups (broad SMARTS) is 1. The topological polar surface area (TPSA) is 59.3 Å². The van der Waals surface area contributed by atoms with Crippen molar-refractivity contribution in [1.29, 1.82) is 0 Å². The summed E-state index contributed by atoms with van der Waals surface area (Å²) in [4.78, 5) is 22.5. The number of pyridine rings is 1. The van der Waals surface area contributed by atoms with Crippen LogP contribution in [-0.4, -0.2) is 15.6 Å². The number of alkyl halides is 3. The number of rotatable bonds is 2. The van der Waals surface area contributed by atoms with E-state index >= 15 is 0 Å². The minimum absolute atomic E-state index is 0.281. The molecule has 1 aromatic carbocycles. The van der Waals surface area contributed by atoms with Crippen LogP contribution in [0.15, 0.2) is 41.3 Å². The lowest BCUT2D eigenvalue weighted by Gasteiger charge is -2.11. The lowest BCUT2D eigenvalue weighted by Crippen LogP contribution is -2.19. The standard InChI is InChI=1S/C13H7F4NO3/c14-10-3-2-8(5-9(10)13(15,16)17)18-6-7(12(20)21)1-4-11(18)19/h1-6H,(H,20,21). The monoisotopic (exact) mass is 301 g/mol. The third-order valence-corrected chi connectivity index (χ3v) is 2.69. The fraction of sp³-hybridized carbons (Fsp3) is 0.0769. The summed E-state index contributed by atoms with van der Waals surface area (Å²) < 4.78 is 51.8. The second-order valence-electron chi connectivity index (χ2n) is 4.09. The van der Waals surface area contributed by atoms with Gasteiger partial charge in [0.15, 0.2) is 0 Å². The number of aromatic nitrogens is 1. The van der Waals surface area contributed by atoms with E-state index in [1.807, 2.05) is 0 Å². The molecule has 21 heavy (non-hydrogen) atoms. The first-order chi connectivity index (χ1) is 9.70. The van der Waals surface area contributed by atoms with Crippen LogP contribution in [0.25, 0.3) is 5.69 Å². The number of nitrogens with zero attached hydrogens (tertiary/aromatic N) is 1. The van der Waals surface area contributed by atoms with E-state index in [0.717, 1.165) is 24.4 Å². The molecule has 0 saturated heterocycles. The summed E-state index contributed by atoms with van der Waals surface area (Å²) in [7, 11) is 0. The highest BCUT2D eigenvalue weighted by molar-refractivity contribution is 5.87. The Morgan fingerprint density at radius 1 is 1.14 bits per heavy atom. The zero-order chi connectivity index (χ0) is 15.8. The van der Waals surface area contributed by atoms with Gasteiger partial charge in [0.2, 0.25) is 0 Å². The van der Waals surface area contributed by atoms with Crippen LogP contribution in [0.1, 0.15) is 15.9 Å². The zero-order valence-corrected chi connectivity index (χ0v) is 10.2. The van der Waals surface area contributed by atoms with Crippen LogP contribution in [0.5, 0.6) is 0 Å². The molecule has 1 heterocycles. The average molecular weight is 301 g/mol. The number of carboxylic acids is 1. The van der Waals surface area contributed by atoms with Crippen molar-refractivity contribution in [2.24, 2.45) is 0 Å². The number of carbonyl (C=O) groups is 1. The fourth-order valence-electron chi connectivity index (χ4n) is 1.70. The Balaban J connectivity index is 2.65. The van der Waals surface area contributed by atoms with Crippen molar-refractivity contribution in [2.45, 2.75) is 6.18 Å². The zero-order valence-electron chi connectivity index (χ0n) is 10.2. The molecule has 0 spiro atoms. The molecule has 0 atom stereocenters. The molecule has 0 bridgehead atoms. The van der Waals surface area contributed by atoms with E-state index < -0.39 is 29.1 Å². The van der Waals surface area contributed by atoms with E-state index in [9.17, 15) is 27.2 Å². The predicted octanol–water partition coefficient (Wildman–Crippen LogP) is 2.69. The average Bonchev–Trinajstić information content (AvgIpc) is 2.38. The van der Waals surface area contributed by atoms with Crippen LogP contribution in [-0.2, 0) is 6.18 Å². The van der Waals surface area contributed by atoms with Crippen molar-refractivity contribution in [3.05, 3.63) is 63.8 Å². The van der Waals surface area contributed by atoms with Gasteiger partial charge in [0.1, 0.15) is 5.82 Å². The minimum atomic E-state index is -4.92. The summed E-state index contributed by atoms with van der Waals surface area (Å²) in [5.41, 5.74) is -2.84. The normalized spacial score (nSPS) is 11.4. The maximum atomic E-state index is 13.2. The Morgan fingerprint density at radius 3 is 2.38 bits per heavy atom. The summed E-state index contributed by atoms with van der Waals surface area (Å²) in [5, 5.41) is 8.82. The van der Waals surface area contributed by atoms with E-state index in [2.05, 4.69) is 0 Å². The van der Waals surface area contributed by atoms with Gasteiger partial charge >= 0.3 is 12.1 Å². The number of benzene rings is 1. The maximum Gasteiger partial charge on any atom is 0.419 e. The Labute approximate surface area is 114 Å². The largest absolute Gasteiger partial charge is 0.478 e. The molecule has 4 nitrogen and oxygen atoms in total. The van der Waals surface area contributed by atoms with Gasteiger partial charge in [-0.2, -0.15) is 13.2 Å². The molecule has 0 amide bonds. The highest BCUT2D eigenvalue weighted by Crippen LogP contribution is 2.32. The van der Waals surface area contributed by atoms with E-state index in [1.165, 1.54) is 0 Å². The summed E-state index contributed by atoms with van der Waals surface area (Å²) in [6.07, 6.45) is -4.05. The van der Waals surface area contributed by atoms with Crippen LogP contribution in [0.2, 0.25) is 0 Å². The van der Waals surface area contributed by atoms with Gasteiger partial charge in [-0.05, 0) is 24.3 Å². The first-order valence-electron chi connectivity index (χ1n) is 5.53. The summed E-state index contributed by atoms with van der Waals surface area (Å²) in [6, 6.07) is 3.90. The molecule has 2 aromatic rings. The van der Waals surface area contributed by atoms with Gasteiger partial charge in [-0.25, -0.2) is 9.18 Å². The van der Waals surface area contributed by atoms with E-state index in [4.69, 9.17) is 5.11 Å². The molecule has 0 aliphatic carbocycles. The van der Waals surface area contributed by atoms with Crippen LogP contribution in [0.4, 0.5) is 17.6 Å². The van der Waals surface area contributed by atoms with Crippen molar-refractivity contribution >= 4 is 5.97 Å². The molecular formula is C13H7F4NO3. The van der Waals surface area contributed by atoms with Crippen molar-refractivity contribution in [2.75, 3.05) is 0 Å². The highest BCUT2D eigenvalue weighted by Gasteiger charge is 2.34. The second-order valence-corrected chi connectivity index (χ2v) is 4.09. The maximum absolute atomic E-state index is 13.2. The molecule has 0 fully saturated rings. The van der Waals surface area contributed by atoms with Crippen LogP contribution in [0, 0.1) is 5.82 Å². The Kier molecular flexibility index (Phi) is 3.54. The molecule has 2 rings (SSSR count). The Morgan fingerprint density at radius 2 is 1.81 bits per heavy atom. The molecule has 0 saturated carbocycles. The Bertz CT molecular complexity index is 765. The predicted molar refractivity (Wildman–Crippen MR) is 64.0 cm³/mol. The summed E-state index contributed by atoms with van der Waals surface area (Å²) >= 11 is 0. The van der Waals surface area contributed by atoms with Gasteiger partial charge < -0.3 is 5.11 Å². The van der Waals surface area contributed by atoms with Crippen molar-refractivity contribution in [1.82, 2.24) is 4.57 Å². The molecule has 0 aliphatic rings. The van der Waals surface area contributed by atoms with Crippen LogP contribution < -0.4 is 5.56 Å². The van der Waals surface area contributed by atoms with E-state index in [-0.39, 0.29) is 11.3 Å².